The molecule has 0 heterocycles. The summed E-state index contributed by atoms with van der Waals surface area (Å²) < 4.78 is 0. The molecule has 344 valence electrons. The lowest BCUT2D eigenvalue weighted by molar-refractivity contribution is -0.123. The van der Waals surface area contributed by atoms with Crippen molar-refractivity contribution in [3.05, 3.63) is 24.3 Å². The van der Waals surface area contributed by atoms with Gasteiger partial charge < -0.3 is 15.5 Å². The van der Waals surface area contributed by atoms with Crippen LogP contribution in [0, 0.1) is 0 Å². The van der Waals surface area contributed by atoms with Crippen LogP contribution in [0.15, 0.2) is 24.3 Å². The van der Waals surface area contributed by atoms with Crippen molar-refractivity contribution in [3.63, 3.8) is 0 Å². The van der Waals surface area contributed by atoms with Crippen molar-refractivity contribution in [1.29, 1.82) is 0 Å². The zero-order valence-corrected chi connectivity index (χ0v) is 39.6. The van der Waals surface area contributed by atoms with E-state index in [2.05, 4.69) is 43.5 Å². The van der Waals surface area contributed by atoms with Crippen LogP contribution in [0.4, 0.5) is 0 Å². The molecule has 2 atom stereocenters. The summed E-state index contributed by atoms with van der Waals surface area (Å²) in [7, 11) is 0. The monoisotopic (exact) mass is 816 g/mol. The van der Waals surface area contributed by atoms with Crippen molar-refractivity contribution < 1.29 is 15.0 Å². The van der Waals surface area contributed by atoms with Crippen LogP contribution in [0.2, 0.25) is 0 Å². The number of unbranched alkanes of at least 4 members (excludes halogenated alkanes) is 38. The molecule has 58 heavy (non-hydrogen) atoms. The van der Waals surface area contributed by atoms with Crippen molar-refractivity contribution in [2.24, 2.45) is 0 Å². The third-order valence-electron chi connectivity index (χ3n) is 12.5. The van der Waals surface area contributed by atoms with Gasteiger partial charge >= 0.3 is 0 Å². The molecule has 0 spiro atoms. The topological polar surface area (TPSA) is 69.6 Å². The fourth-order valence-corrected chi connectivity index (χ4v) is 8.39. The Morgan fingerprint density at radius 1 is 0.414 bits per heavy atom. The predicted octanol–water partition coefficient (Wildman–Crippen LogP) is 17.1. The van der Waals surface area contributed by atoms with Crippen LogP contribution in [-0.4, -0.2) is 34.9 Å². The van der Waals surface area contributed by atoms with E-state index >= 15 is 0 Å². The summed E-state index contributed by atoms with van der Waals surface area (Å²) in [6.07, 6.45) is 65.8. The first-order valence-corrected chi connectivity index (χ1v) is 26.5. The molecular weight excluding hydrogens is 711 g/mol. The van der Waals surface area contributed by atoms with Gasteiger partial charge in [0, 0.05) is 6.42 Å². The molecule has 0 aromatic carbocycles. The maximum absolute atomic E-state index is 12.5. The zero-order chi connectivity index (χ0) is 42.1. The Kier molecular flexibility index (Phi) is 49.2. The van der Waals surface area contributed by atoms with Crippen LogP contribution in [-0.2, 0) is 4.79 Å². The van der Waals surface area contributed by atoms with Gasteiger partial charge in [0.2, 0.25) is 5.91 Å². The summed E-state index contributed by atoms with van der Waals surface area (Å²) in [6, 6.07) is -0.535. The van der Waals surface area contributed by atoms with Gasteiger partial charge in [-0.1, -0.05) is 269 Å². The molecular formula is C54H105NO3. The highest BCUT2D eigenvalue weighted by Crippen LogP contribution is 2.17. The first-order chi connectivity index (χ1) is 28.7. The Balaban J connectivity index is 3.45. The summed E-state index contributed by atoms with van der Waals surface area (Å²) in [5.74, 6) is -0.0283. The number of aliphatic hydroxyl groups excluding tert-OH is 2. The molecule has 0 saturated heterocycles. The smallest absolute Gasteiger partial charge is 0.220 e. The van der Waals surface area contributed by atoms with Gasteiger partial charge in [0.15, 0.2) is 0 Å². The Bertz CT molecular complexity index is 840. The van der Waals surface area contributed by atoms with E-state index in [0.717, 1.165) is 32.1 Å². The lowest BCUT2D eigenvalue weighted by atomic mass is 10.0. The number of rotatable bonds is 49. The van der Waals surface area contributed by atoms with E-state index in [9.17, 15) is 15.0 Å². The largest absolute Gasteiger partial charge is 0.394 e. The lowest BCUT2D eigenvalue weighted by Crippen LogP contribution is -2.45. The molecule has 0 fully saturated rings. The van der Waals surface area contributed by atoms with Crippen molar-refractivity contribution in [1.82, 2.24) is 5.32 Å². The molecule has 4 heteroatoms. The van der Waals surface area contributed by atoms with E-state index in [1.165, 1.54) is 238 Å². The molecule has 0 aromatic rings. The van der Waals surface area contributed by atoms with Crippen LogP contribution in [0.1, 0.15) is 296 Å². The van der Waals surface area contributed by atoms with Gasteiger partial charge in [-0.05, 0) is 44.9 Å². The van der Waals surface area contributed by atoms with Gasteiger partial charge in [-0.15, -0.1) is 0 Å². The molecule has 0 rings (SSSR count). The molecule has 4 nitrogen and oxygen atoms in total. The molecule has 0 bridgehead atoms. The summed E-state index contributed by atoms with van der Waals surface area (Å²) in [5, 5.41) is 23.3. The van der Waals surface area contributed by atoms with Crippen LogP contribution in [0.5, 0.6) is 0 Å². The number of aliphatic hydroxyl groups is 2. The number of allylic oxidation sites excluding steroid dienone is 4. The lowest BCUT2D eigenvalue weighted by Gasteiger charge is -2.22. The number of carbonyl (C=O) groups excluding carboxylic acids is 1. The molecule has 0 radical (unpaired) electrons. The van der Waals surface area contributed by atoms with Crippen molar-refractivity contribution in [2.45, 2.75) is 309 Å². The molecule has 1 amide bonds. The Morgan fingerprint density at radius 3 is 1.03 bits per heavy atom. The highest BCUT2D eigenvalue weighted by Gasteiger charge is 2.20. The van der Waals surface area contributed by atoms with Gasteiger partial charge in [0.25, 0.3) is 0 Å². The number of nitrogens with one attached hydrogen (secondary N) is 1. The number of hydrogen-bond donors (Lipinski definition) is 3. The molecule has 2 unspecified atom stereocenters. The van der Waals surface area contributed by atoms with E-state index in [1.54, 1.807) is 0 Å². The van der Waals surface area contributed by atoms with Crippen LogP contribution >= 0.6 is 0 Å². The molecule has 0 aliphatic carbocycles. The Labute approximate surface area is 364 Å². The molecule has 0 aliphatic heterocycles. The molecule has 0 aliphatic rings. The Hall–Kier alpha value is -1.13. The maximum Gasteiger partial charge on any atom is 0.220 e. The van der Waals surface area contributed by atoms with E-state index < -0.39 is 12.1 Å². The van der Waals surface area contributed by atoms with Crippen molar-refractivity contribution >= 4 is 5.91 Å². The number of carbonyl (C=O) groups is 1. The summed E-state index contributed by atoms with van der Waals surface area (Å²) >= 11 is 0. The second kappa shape index (κ2) is 50.2. The second-order valence-corrected chi connectivity index (χ2v) is 18.3. The van der Waals surface area contributed by atoms with E-state index in [4.69, 9.17) is 0 Å². The van der Waals surface area contributed by atoms with E-state index in [1.807, 2.05) is 0 Å². The highest BCUT2D eigenvalue weighted by molar-refractivity contribution is 5.76. The average Bonchev–Trinajstić information content (AvgIpc) is 3.23. The first-order valence-electron chi connectivity index (χ1n) is 26.5. The summed E-state index contributed by atoms with van der Waals surface area (Å²) in [4.78, 5) is 12.5. The third kappa shape index (κ3) is 45.9. The fourth-order valence-electron chi connectivity index (χ4n) is 8.39. The standard InChI is InChI=1S/C54H105NO3/c1-3-5-7-9-11-13-15-17-19-21-22-23-24-25-26-27-28-29-30-31-32-34-36-38-40-42-44-46-48-50-54(58)55-52(51-56)53(57)49-47-45-43-41-39-37-35-33-20-18-16-14-12-10-8-6-4-2/h22-23,25-26,52-53,56-57H,3-21,24,27-51H2,1-2H3,(H,55,58)/b23-22-,26-25-. The zero-order valence-electron chi connectivity index (χ0n) is 39.6. The first kappa shape index (κ1) is 56.9. The van der Waals surface area contributed by atoms with Gasteiger partial charge in [0.1, 0.15) is 0 Å². The quantitative estimate of drug-likeness (QED) is 0.0423. The fraction of sp³-hybridized carbons (Fsp3) is 0.907. The highest BCUT2D eigenvalue weighted by atomic mass is 16.3. The van der Waals surface area contributed by atoms with E-state index in [0.29, 0.717) is 12.8 Å². The van der Waals surface area contributed by atoms with Crippen LogP contribution in [0.3, 0.4) is 0 Å². The minimum Gasteiger partial charge on any atom is -0.394 e. The summed E-state index contributed by atoms with van der Waals surface area (Å²) in [5.41, 5.74) is 0. The van der Waals surface area contributed by atoms with Gasteiger partial charge in [-0.25, -0.2) is 0 Å². The maximum atomic E-state index is 12.5. The van der Waals surface area contributed by atoms with Crippen molar-refractivity contribution in [3.8, 4) is 0 Å². The predicted molar refractivity (Wildman–Crippen MR) is 258 cm³/mol. The Morgan fingerprint density at radius 2 is 0.707 bits per heavy atom. The minimum absolute atomic E-state index is 0.0283. The molecule has 0 saturated carbocycles. The van der Waals surface area contributed by atoms with Crippen LogP contribution in [0.25, 0.3) is 0 Å². The minimum atomic E-state index is -0.658. The van der Waals surface area contributed by atoms with Gasteiger partial charge in [0.05, 0.1) is 18.8 Å². The van der Waals surface area contributed by atoms with Gasteiger partial charge in [-0.2, -0.15) is 0 Å². The SMILES string of the molecule is CCCCCCCCCCC/C=C\C/C=C\CCCCCCCCCCCCCCCC(=O)NC(CO)C(O)CCCCCCCCCCCCCCCCCCC. The molecule has 0 aromatic heterocycles. The average molecular weight is 816 g/mol. The summed E-state index contributed by atoms with van der Waals surface area (Å²) in [6.45, 7) is 4.38. The molecule has 3 N–H and O–H groups in total. The second-order valence-electron chi connectivity index (χ2n) is 18.3. The normalized spacial score (nSPS) is 13.0. The van der Waals surface area contributed by atoms with Gasteiger partial charge in [-0.3, -0.25) is 4.79 Å². The third-order valence-corrected chi connectivity index (χ3v) is 12.5. The van der Waals surface area contributed by atoms with Crippen molar-refractivity contribution in [2.75, 3.05) is 6.61 Å². The number of hydrogen-bond acceptors (Lipinski definition) is 3. The van der Waals surface area contributed by atoms with E-state index in [-0.39, 0.29) is 12.5 Å². The van der Waals surface area contributed by atoms with Crippen LogP contribution < -0.4 is 5.32 Å². The number of amides is 1.